The van der Waals surface area contributed by atoms with Gasteiger partial charge in [-0.2, -0.15) is 0 Å². The molecule has 4 aromatic rings. The van der Waals surface area contributed by atoms with E-state index in [1.54, 1.807) is 0 Å². The number of nitrogens with one attached hydrogen (secondary N) is 1. The summed E-state index contributed by atoms with van der Waals surface area (Å²) in [6.45, 7) is 2.76. The van der Waals surface area contributed by atoms with Gasteiger partial charge < -0.3 is 14.5 Å². The average Bonchev–Trinajstić information content (AvgIpc) is 3.17. The van der Waals surface area contributed by atoms with Gasteiger partial charge >= 0.3 is 0 Å². The van der Waals surface area contributed by atoms with Crippen LogP contribution in [0.1, 0.15) is 12.0 Å². The number of benzene rings is 2. The maximum absolute atomic E-state index is 12.4. The molecule has 4 rings (SSSR count). The van der Waals surface area contributed by atoms with Crippen LogP contribution in [-0.2, 0) is 18.4 Å². The van der Waals surface area contributed by atoms with Crippen molar-refractivity contribution in [3.8, 4) is 0 Å². The minimum Gasteiger partial charge on any atom is -0.350 e. The Hall–Kier alpha value is -3.01. The zero-order valence-corrected chi connectivity index (χ0v) is 14.5. The molecule has 0 aliphatic rings. The minimum absolute atomic E-state index is 0.0327. The van der Waals surface area contributed by atoms with Crippen molar-refractivity contribution >= 4 is 33.4 Å². The number of amides is 1. The van der Waals surface area contributed by atoms with Gasteiger partial charge in [0.25, 0.3) is 0 Å². The Bertz CT molecular complexity index is 1070. The lowest BCUT2D eigenvalue weighted by molar-refractivity contribution is -0.116. The van der Waals surface area contributed by atoms with E-state index in [4.69, 9.17) is 0 Å². The molecule has 0 atom stereocenters. The van der Waals surface area contributed by atoms with Crippen molar-refractivity contribution in [2.24, 2.45) is 7.05 Å². The molecule has 0 bridgehead atoms. The highest BCUT2D eigenvalue weighted by molar-refractivity contribution is 6.01. The van der Waals surface area contributed by atoms with Crippen LogP contribution in [-0.4, -0.2) is 15.0 Å². The molecule has 0 unspecified atom stereocenters. The van der Waals surface area contributed by atoms with Crippen LogP contribution in [0.2, 0.25) is 0 Å². The molecule has 2 heterocycles. The number of hydrogen-bond acceptors (Lipinski definition) is 1. The fourth-order valence-corrected chi connectivity index (χ4v) is 3.36. The van der Waals surface area contributed by atoms with E-state index in [2.05, 4.69) is 57.9 Å². The first-order chi connectivity index (χ1) is 12.1. The highest BCUT2D eigenvalue weighted by Gasteiger charge is 2.09. The Morgan fingerprint density at radius 2 is 1.92 bits per heavy atom. The molecule has 2 aromatic carbocycles. The molecule has 1 N–H and O–H groups in total. The summed E-state index contributed by atoms with van der Waals surface area (Å²) in [6.07, 6.45) is 4.50. The third-order valence-electron chi connectivity index (χ3n) is 4.71. The fourth-order valence-electron chi connectivity index (χ4n) is 3.36. The standard InChI is InChI=1S/C21H21N3O/c1-15-6-7-19-16(14-15)8-12-24(19)13-10-21(25)22-18-4-3-5-20-17(18)9-11-23(20)2/h3-9,11-12,14H,10,13H2,1-2H3,(H,22,25). The summed E-state index contributed by atoms with van der Waals surface area (Å²) in [4.78, 5) is 12.4. The van der Waals surface area contributed by atoms with Crippen molar-refractivity contribution < 1.29 is 4.79 Å². The molecule has 0 aliphatic heterocycles. The second-order valence-electron chi connectivity index (χ2n) is 6.53. The third kappa shape index (κ3) is 2.91. The van der Waals surface area contributed by atoms with Gasteiger partial charge in [-0.25, -0.2) is 0 Å². The number of nitrogens with zero attached hydrogens (tertiary/aromatic N) is 2. The number of anilines is 1. The molecule has 0 saturated heterocycles. The second kappa shape index (κ2) is 6.13. The molecule has 2 aromatic heterocycles. The normalized spacial score (nSPS) is 11.3. The van der Waals surface area contributed by atoms with Crippen LogP contribution in [0.15, 0.2) is 60.9 Å². The van der Waals surface area contributed by atoms with E-state index in [1.165, 1.54) is 16.5 Å². The molecular formula is C21H21N3O. The SMILES string of the molecule is Cc1ccc2c(ccn2CCC(=O)Nc2cccc3c2ccn3C)c1. The summed E-state index contributed by atoms with van der Waals surface area (Å²) in [5, 5.41) is 5.34. The van der Waals surface area contributed by atoms with E-state index in [0.717, 1.165) is 16.6 Å². The maximum Gasteiger partial charge on any atom is 0.226 e. The van der Waals surface area contributed by atoms with Gasteiger partial charge in [0.15, 0.2) is 0 Å². The second-order valence-corrected chi connectivity index (χ2v) is 6.53. The lowest BCUT2D eigenvalue weighted by Crippen LogP contribution is -2.14. The summed E-state index contributed by atoms with van der Waals surface area (Å²) >= 11 is 0. The first-order valence-corrected chi connectivity index (χ1v) is 8.51. The van der Waals surface area contributed by atoms with Gasteiger partial charge in [0, 0.05) is 48.8 Å². The van der Waals surface area contributed by atoms with Gasteiger partial charge in [-0.1, -0.05) is 17.7 Å². The first-order valence-electron chi connectivity index (χ1n) is 8.51. The molecular weight excluding hydrogens is 310 g/mol. The van der Waals surface area contributed by atoms with Crippen LogP contribution in [0, 0.1) is 6.92 Å². The van der Waals surface area contributed by atoms with Crippen molar-refractivity contribution in [3.63, 3.8) is 0 Å². The van der Waals surface area contributed by atoms with Crippen molar-refractivity contribution in [2.75, 3.05) is 5.32 Å². The highest BCUT2D eigenvalue weighted by Crippen LogP contribution is 2.24. The van der Waals surface area contributed by atoms with E-state index in [1.807, 2.05) is 31.4 Å². The summed E-state index contributed by atoms with van der Waals surface area (Å²) in [7, 11) is 2.01. The van der Waals surface area contributed by atoms with Crippen LogP contribution < -0.4 is 5.32 Å². The average molecular weight is 331 g/mol. The van der Waals surface area contributed by atoms with Gasteiger partial charge in [-0.15, -0.1) is 0 Å². The van der Waals surface area contributed by atoms with E-state index in [9.17, 15) is 4.79 Å². The van der Waals surface area contributed by atoms with Crippen molar-refractivity contribution in [3.05, 3.63) is 66.5 Å². The van der Waals surface area contributed by atoms with Gasteiger partial charge in [0.1, 0.15) is 0 Å². The number of carbonyl (C=O) groups excluding carboxylic acids is 1. The van der Waals surface area contributed by atoms with E-state index in [-0.39, 0.29) is 5.91 Å². The molecule has 0 fully saturated rings. The van der Waals surface area contributed by atoms with E-state index in [0.29, 0.717) is 13.0 Å². The van der Waals surface area contributed by atoms with Crippen LogP contribution in [0.5, 0.6) is 0 Å². The lowest BCUT2D eigenvalue weighted by atomic mass is 10.2. The number of aryl methyl sites for hydroxylation is 3. The fraction of sp³-hybridized carbons (Fsp3) is 0.190. The Morgan fingerprint density at radius 3 is 2.80 bits per heavy atom. The molecule has 0 spiro atoms. The predicted octanol–water partition coefficient (Wildman–Crippen LogP) is 4.47. The Morgan fingerprint density at radius 1 is 1.04 bits per heavy atom. The van der Waals surface area contributed by atoms with Crippen molar-refractivity contribution in [2.45, 2.75) is 19.9 Å². The number of rotatable bonds is 4. The Kier molecular flexibility index (Phi) is 3.80. The molecule has 4 nitrogen and oxygen atoms in total. The predicted molar refractivity (Wildman–Crippen MR) is 103 cm³/mol. The van der Waals surface area contributed by atoms with Gasteiger partial charge in [-0.05, 0) is 48.7 Å². The number of aromatic nitrogens is 2. The number of carbonyl (C=O) groups is 1. The van der Waals surface area contributed by atoms with Gasteiger partial charge in [0.2, 0.25) is 5.91 Å². The molecule has 25 heavy (non-hydrogen) atoms. The largest absolute Gasteiger partial charge is 0.350 e. The van der Waals surface area contributed by atoms with Crippen LogP contribution in [0.3, 0.4) is 0 Å². The van der Waals surface area contributed by atoms with Crippen molar-refractivity contribution in [1.29, 1.82) is 0 Å². The summed E-state index contributed by atoms with van der Waals surface area (Å²) in [5.74, 6) is 0.0327. The highest BCUT2D eigenvalue weighted by atomic mass is 16.1. The van der Waals surface area contributed by atoms with Crippen LogP contribution in [0.4, 0.5) is 5.69 Å². The third-order valence-corrected chi connectivity index (χ3v) is 4.71. The lowest BCUT2D eigenvalue weighted by Gasteiger charge is -2.09. The Balaban J connectivity index is 1.48. The summed E-state index contributed by atoms with van der Waals surface area (Å²) < 4.78 is 4.19. The number of hydrogen-bond donors (Lipinski definition) is 1. The summed E-state index contributed by atoms with van der Waals surface area (Å²) in [5.41, 5.74) is 4.41. The first kappa shape index (κ1) is 15.5. The summed E-state index contributed by atoms with van der Waals surface area (Å²) in [6, 6.07) is 16.5. The van der Waals surface area contributed by atoms with Crippen LogP contribution >= 0.6 is 0 Å². The topological polar surface area (TPSA) is 39.0 Å². The van der Waals surface area contributed by atoms with Gasteiger partial charge in [0.05, 0.1) is 5.69 Å². The quantitative estimate of drug-likeness (QED) is 0.589. The smallest absolute Gasteiger partial charge is 0.226 e. The van der Waals surface area contributed by atoms with Crippen molar-refractivity contribution in [1.82, 2.24) is 9.13 Å². The Labute approximate surface area is 146 Å². The van der Waals surface area contributed by atoms with Gasteiger partial charge in [-0.3, -0.25) is 4.79 Å². The molecule has 0 saturated carbocycles. The minimum atomic E-state index is 0.0327. The zero-order chi connectivity index (χ0) is 17.4. The number of fused-ring (bicyclic) bond motifs is 2. The van der Waals surface area contributed by atoms with E-state index >= 15 is 0 Å². The van der Waals surface area contributed by atoms with Crippen LogP contribution in [0.25, 0.3) is 21.8 Å². The molecule has 0 aliphatic carbocycles. The molecule has 126 valence electrons. The molecule has 1 amide bonds. The zero-order valence-electron chi connectivity index (χ0n) is 14.5. The molecule has 0 radical (unpaired) electrons. The molecule has 4 heteroatoms. The van der Waals surface area contributed by atoms with E-state index < -0.39 is 0 Å². The monoisotopic (exact) mass is 331 g/mol. The maximum atomic E-state index is 12.4.